The molecule has 0 unspecified atom stereocenters. The van der Waals surface area contributed by atoms with Gasteiger partial charge in [-0.05, 0) is 27.7 Å². The molecule has 166 valence electrons. The van der Waals surface area contributed by atoms with E-state index in [1.54, 1.807) is 0 Å². The molecule has 1 aromatic carbocycles. The SMILES string of the molecule is CC(=O)c1c(O)c(C)c(O)c2c1OC1=CC(=O)/C(=C(/C)NCCS(N)(=O)=O)C(=O)[C@@]12C. The number of carbonyl (C=O) groups is 3. The van der Waals surface area contributed by atoms with Crippen molar-refractivity contribution in [2.24, 2.45) is 5.14 Å². The standard InChI is InChI=1S/C20H22N2O8S/c1-8-16(25)14(10(3)23)18-15(17(8)26)20(4)12(30-18)7-11(24)13(19(20)27)9(2)22-5-6-31(21,28)29/h7,22,25-26H,5-6H2,1-4H3,(H2,21,28,29)/b13-9+/t20-/m0/s1. The maximum absolute atomic E-state index is 13.5. The zero-order chi connectivity index (χ0) is 23.5. The van der Waals surface area contributed by atoms with E-state index in [-0.39, 0.29) is 46.0 Å². The molecule has 0 saturated heterocycles. The third-order valence-corrected chi connectivity index (χ3v) is 6.31. The summed E-state index contributed by atoms with van der Waals surface area (Å²) in [4.78, 5) is 38.3. The Morgan fingerprint density at radius 3 is 2.39 bits per heavy atom. The van der Waals surface area contributed by atoms with Crippen LogP contribution < -0.4 is 15.2 Å². The first kappa shape index (κ1) is 22.5. The first-order valence-corrected chi connectivity index (χ1v) is 11.0. The number of fused-ring (bicyclic) bond motifs is 3. The van der Waals surface area contributed by atoms with Gasteiger partial charge in [0.25, 0.3) is 0 Å². The summed E-state index contributed by atoms with van der Waals surface area (Å²) in [5.41, 5.74) is -1.97. The fourth-order valence-electron chi connectivity index (χ4n) is 3.83. The van der Waals surface area contributed by atoms with Crippen LogP contribution in [0.5, 0.6) is 17.2 Å². The number of rotatable bonds is 5. The van der Waals surface area contributed by atoms with Gasteiger partial charge < -0.3 is 20.3 Å². The highest BCUT2D eigenvalue weighted by atomic mass is 32.2. The number of nitrogens with one attached hydrogen (secondary N) is 1. The van der Waals surface area contributed by atoms with Crippen molar-refractivity contribution in [2.45, 2.75) is 33.1 Å². The van der Waals surface area contributed by atoms with Crippen molar-refractivity contribution in [3.63, 3.8) is 0 Å². The third-order valence-electron chi connectivity index (χ3n) is 5.54. The summed E-state index contributed by atoms with van der Waals surface area (Å²) in [5.74, 6) is -3.50. The Kier molecular flexibility index (Phi) is 5.23. The molecule has 3 rings (SSSR count). The number of nitrogens with two attached hydrogens (primary N) is 1. The normalized spacial score (nSPS) is 21.8. The molecule has 0 saturated carbocycles. The highest BCUT2D eigenvalue weighted by Crippen LogP contribution is 2.57. The van der Waals surface area contributed by atoms with E-state index >= 15 is 0 Å². The minimum atomic E-state index is -3.75. The maximum atomic E-state index is 13.5. The number of benzene rings is 1. The fraction of sp³-hybridized carbons (Fsp3) is 0.350. The molecule has 1 aliphatic heterocycles. The summed E-state index contributed by atoms with van der Waals surface area (Å²) < 4.78 is 27.9. The second-order valence-electron chi connectivity index (χ2n) is 7.68. The lowest BCUT2D eigenvalue weighted by Gasteiger charge is -2.29. The van der Waals surface area contributed by atoms with Crippen LogP contribution in [-0.2, 0) is 25.0 Å². The summed E-state index contributed by atoms with van der Waals surface area (Å²) in [6.07, 6.45) is 1.08. The Labute approximate surface area is 178 Å². The molecule has 0 spiro atoms. The highest BCUT2D eigenvalue weighted by Gasteiger charge is 2.56. The van der Waals surface area contributed by atoms with Crippen LogP contribution in [0, 0.1) is 6.92 Å². The van der Waals surface area contributed by atoms with Gasteiger partial charge >= 0.3 is 0 Å². The number of phenols is 2. The average molecular weight is 450 g/mol. The predicted octanol–water partition coefficient (Wildman–Crippen LogP) is 0.447. The molecule has 0 amide bonds. The summed E-state index contributed by atoms with van der Waals surface area (Å²) in [5, 5.41) is 28.7. The number of allylic oxidation sites excluding steroid dienone is 4. The number of hydrogen-bond acceptors (Lipinski definition) is 9. The molecular formula is C20H22N2O8S. The first-order valence-electron chi connectivity index (χ1n) is 9.26. The Morgan fingerprint density at radius 1 is 1.23 bits per heavy atom. The lowest BCUT2D eigenvalue weighted by molar-refractivity contribution is -0.123. The Morgan fingerprint density at radius 2 is 1.84 bits per heavy atom. The van der Waals surface area contributed by atoms with Crippen molar-refractivity contribution < 1.29 is 37.8 Å². The Hall–Kier alpha value is -3.18. The average Bonchev–Trinajstić information content (AvgIpc) is 2.92. The van der Waals surface area contributed by atoms with E-state index in [0.717, 1.165) is 6.08 Å². The number of ether oxygens (including phenoxy) is 1. The Balaban J connectivity index is 2.19. The van der Waals surface area contributed by atoms with Crippen molar-refractivity contribution in [1.29, 1.82) is 0 Å². The van der Waals surface area contributed by atoms with E-state index in [1.807, 2.05) is 0 Å². The zero-order valence-corrected chi connectivity index (χ0v) is 18.1. The Bertz CT molecular complexity index is 1230. The monoisotopic (exact) mass is 450 g/mol. The summed E-state index contributed by atoms with van der Waals surface area (Å²) in [6.45, 7) is 5.35. The third kappa shape index (κ3) is 3.39. The lowest BCUT2D eigenvalue weighted by Crippen LogP contribution is -2.41. The lowest BCUT2D eigenvalue weighted by atomic mass is 9.70. The molecule has 1 aromatic rings. The number of Topliss-reactive ketones (excluding diaryl/α,β-unsaturated/α-hetero) is 2. The molecule has 5 N–H and O–H groups in total. The maximum Gasteiger partial charge on any atom is 0.210 e. The van der Waals surface area contributed by atoms with E-state index in [1.165, 1.54) is 27.7 Å². The molecule has 31 heavy (non-hydrogen) atoms. The van der Waals surface area contributed by atoms with Gasteiger partial charge in [-0.15, -0.1) is 0 Å². The van der Waals surface area contributed by atoms with Crippen LogP contribution in [0.3, 0.4) is 0 Å². The van der Waals surface area contributed by atoms with Crippen molar-refractivity contribution >= 4 is 27.4 Å². The van der Waals surface area contributed by atoms with Gasteiger partial charge in [-0.1, -0.05) is 0 Å². The number of sulfonamides is 1. The van der Waals surface area contributed by atoms with E-state index in [0.29, 0.717) is 0 Å². The van der Waals surface area contributed by atoms with Crippen LogP contribution in [0.25, 0.3) is 0 Å². The van der Waals surface area contributed by atoms with E-state index < -0.39 is 50.0 Å². The number of primary sulfonamides is 1. The molecule has 0 fully saturated rings. The van der Waals surface area contributed by atoms with Gasteiger partial charge in [-0.25, -0.2) is 13.6 Å². The topological polar surface area (TPSA) is 173 Å². The molecule has 1 atom stereocenters. The molecule has 0 radical (unpaired) electrons. The molecule has 0 bridgehead atoms. The predicted molar refractivity (Wildman–Crippen MR) is 109 cm³/mol. The number of carbonyl (C=O) groups excluding carboxylic acids is 3. The van der Waals surface area contributed by atoms with Crippen LogP contribution >= 0.6 is 0 Å². The number of ketones is 3. The largest absolute Gasteiger partial charge is 0.507 e. The van der Waals surface area contributed by atoms with Gasteiger partial charge in [0.2, 0.25) is 10.0 Å². The van der Waals surface area contributed by atoms with Gasteiger partial charge in [0.1, 0.15) is 34.0 Å². The number of aromatic hydroxyl groups is 2. The van der Waals surface area contributed by atoms with Gasteiger partial charge in [-0.2, -0.15) is 0 Å². The molecule has 1 aliphatic carbocycles. The highest BCUT2D eigenvalue weighted by molar-refractivity contribution is 7.89. The van der Waals surface area contributed by atoms with Crippen LogP contribution in [0.15, 0.2) is 23.1 Å². The van der Waals surface area contributed by atoms with Gasteiger partial charge in [-0.3, -0.25) is 14.4 Å². The summed E-state index contributed by atoms with van der Waals surface area (Å²) >= 11 is 0. The summed E-state index contributed by atoms with van der Waals surface area (Å²) in [6, 6.07) is 0. The van der Waals surface area contributed by atoms with Gasteiger partial charge in [0.15, 0.2) is 17.3 Å². The second kappa shape index (κ2) is 7.20. The molecular weight excluding hydrogens is 428 g/mol. The molecule has 11 heteroatoms. The van der Waals surface area contributed by atoms with Crippen LogP contribution in [0.4, 0.5) is 0 Å². The molecule has 0 aromatic heterocycles. The van der Waals surface area contributed by atoms with Crippen molar-refractivity contribution in [3.05, 3.63) is 39.8 Å². The zero-order valence-electron chi connectivity index (χ0n) is 17.3. The molecule has 1 heterocycles. The van der Waals surface area contributed by atoms with Crippen molar-refractivity contribution in [2.75, 3.05) is 12.3 Å². The van der Waals surface area contributed by atoms with Crippen molar-refractivity contribution in [1.82, 2.24) is 5.32 Å². The number of phenolic OH excluding ortho intramolecular Hbond substituents is 2. The number of hydrogen-bond donors (Lipinski definition) is 4. The fourth-order valence-corrected chi connectivity index (χ4v) is 4.22. The second-order valence-corrected chi connectivity index (χ2v) is 9.41. The quantitative estimate of drug-likeness (QED) is 0.282. The van der Waals surface area contributed by atoms with Crippen LogP contribution in [0.1, 0.15) is 42.3 Å². The van der Waals surface area contributed by atoms with E-state index in [4.69, 9.17) is 9.88 Å². The first-order chi connectivity index (χ1) is 14.2. The smallest absolute Gasteiger partial charge is 0.210 e. The molecule has 2 aliphatic rings. The minimum absolute atomic E-state index is 0.00625. The van der Waals surface area contributed by atoms with E-state index in [2.05, 4.69) is 5.32 Å². The molecule has 10 nitrogen and oxygen atoms in total. The van der Waals surface area contributed by atoms with E-state index in [9.17, 15) is 33.0 Å². The van der Waals surface area contributed by atoms with Gasteiger partial charge in [0.05, 0.1) is 16.9 Å². The van der Waals surface area contributed by atoms with Crippen LogP contribution in [-0.4, -0.2) is 48.3 Å². The van der Waals surface area contributed by atoms with Crippen molar-refractivity contribution in [3.8, 4) is 17.2 Å². The van der Waals surface area contributed by atoms with Gasteiger partial charge in [0, 0.05) is 23.9 Å². The minimum Gasteiger partial charge on any atom is -0.507 e. The summed E-state index contributed by atoms with van der Waals surface area (Å²) in [7, 11) is -3.75. The van der Waals surface area contributed by atoms with Crippen LogP contribution in [0.2, 0.25) is 0 Å².